The first-order valence-corrected chi connectivity index (χ1v) is 20.5. The lowest BCUT2D eigenvalue weighted by molar-refractivity contribution is -0.143. The summed E-state index contributed by atoms with van der Waals surface area (Å²) in [5.74, 6) is -5.04. The van der Waals surface area contributed by atoms with Crippen LogP contribution >= 0.6 is 0 Å². The minimum absolute atomic E-state index is 0.0111. The molecule has 59 heavy (non-hydrogen) atoms. The molecule has 1 saturated heterocycles. The molecule has 332 valence electrons. The van der Waals surface area contributed by atoms with Crippen molar-refractivity contribution in [2.75, 3.05) is 52.9 Å². The SMILES string of the molecule is CC(=O)NCNC(=O)CN1C(=O)CC(C)C1=O.CC(CNCNC(=O)CC1C(=O)CC(C)C1=O)CC(CO)CC(CCCO)CNCNC(=O)CC1C(=O)CC(C)C1=O. The number of Topliss-reactive ketones (excluding diaryl/α,β-unsaturated/α-hetero) is 4. The van der Waals surface area contributed by atoms with Gasteiger partial charge in [0, 0.05) is 70.0 Å². The summed E-state index contributed by atoms with van der Waals surface area (Å²) in [5, 5.41) is 35.9. The Labute approximate surface area is 345 Å². The molecule has 3 rings (SSSR count). The van der Waals surface area contributed by atoms with Crippen LogP contribution < -0.4 is 31.9 Å². The highest BCUT2D eigenvalue weighted by Gasteiger charge is 2.41. The maximum atomic E-state index is 12.2. The number of hydrogen-bond acceptors (Lipinski definition) is 14. The van der Waals surface area contributed by atoms with Gasteiger partial charge in [0.1, 0.15) is 29.7 Å². The lowest BCUT2D eigenvalue weighted by Crippen LogP contribution is -2.44. The van der Waals surface area contributed by atoms with Crippen molar-refractivity contribution in [1.82, 2.24) is 36.8 Å². The highest BCUT2D eigenvalue weighted by molar-refractivity contribution is 6.12. The van der Waals surface area contributed by atoms with Crippen LogP contribution in [0.3, 0.4) is 0 Å². The van der Waals surface area contributed by atoms with Crippen LogP contribution in [0.5, 0.6) is 0 Å². The molecule has 3 aliphatic rings. The first-order valence-electron chi connectivity index (χ1n) is 20.5. The van der Waals surface area contributed by atoms with Crippen molar-refractivity contribution in [3.05, 3.63) is 0 Å². The summed E-state index contributed by atoms with van der Waals surface area (Å²) in [6.45, 7) is 9.78. The van der Waals surface area contributed by atoms with E-state index in [0.29, 0.717) is 19.5 Å². The largest absolute Gasteiger partial charge is 0.396 e. The van der Waals surface area contributed by atoms with Gasteiger partial charge >= 0.3 is 0 Å². The summed E-state index contributed by atoms with van der Waals surface area (Å²) in [6, 6.07) is 0. The van der Waals surface area contributed by atoms with E-state index in [0.717, 1.165) is 24.2 Å². The van der Waals surface area contributed by atoms with Gasteiger partial charge in [-0.3, -0.25) is 63.5 Å². The normalized spacial score (nSPS) is 23.1. The van der Waals surface area contributed by atoms with Crippen LogP contribution in [0.1, 0.15) is 92.4 Å². The van der Waals surface area contributed by atoms with Gasteiger partial charge in [0.2, 0.25) is 35.4 Å². The van der Waals surface area contributed by atoms with E-state index in [9.17, 15) is 58.2 Å². The number of ketones is 4. The quantitative estimate of drug-likeness (QED) is 0.0243. The van der Waals surface area contributed by atoms with Gasteiger partial charge < -0.3 is 31.5 Å². The summed E-state index contributed by atoms with van der Waals surface area (Å²) < 4.78 is 0. The van der Waals surface area contributed by atoms with Gasteiger partial charge in [-0.15, -0.1) is 0 Å². The van der Waals surface area contributed by atoms with Crippen LogP contribution in [-0.4, -0.2) is 127 Å². The second kappa shape index (κ2) is 25.9. The summed E-state index contributed by atoms with van der Waals surface area (Å²) in [4.78, 5) is 118. The highest BCUT2D eigenvalue weighted by Crippen LogP contribution is 2.27. The number of aliphatic hydroxyl groups is 2. The Bertz CT molecular complexity index is 1520. The lowest BCUT2D eigenvalue weighted by Gasteiger charge is -2.25. The summed E-state index contributed by atoms with van der Waals surface area (Å²) in [5.41, 5.74) is 0. The van der Waals surface area contributed by atoms with Crippen molar-refractivity contribution in [3.8, 4) is 0 Å². The van der Waals surface area contributed by atoms with Crippen molar-refractivity contribution < 1.29 is 58.2 Å². The third kappa shape index (κ3) is 17.7. The van der Waals surface area contributed by atoms with Crippen molar-refractivity contribution in [3.63, 3.8) is 0 Å². The first-order chi connectivity index (χ1) is 27.9. The zero-order chi connectivity index (χ0) is 44.2. The van der Waals surface area contributed by atoms with Gasteiger partial charge in [-0.25, -0.2) is 0 Å². The molecule has 0 bridgehead atoms. The summed E-state index contributed by atoms with van der Waals surface area (Å²) >= 11 is 0. The van der Waals surface area contributed by atoms with E-state index in [4.69, 9.17) is 0 Å². The van der Waals surface area contributed by atoms with E-state index in [2.05, 4.69) is 31.9 Å². The predicted molar refractivity (Wildman–Crippen MR) is 212 cm³/mol. The monoisotopic (exact) mass is 835 g/mol. The Morgan fingerprint density at radius 2 is 1.20 bits per heavy atom. The van der Waals surface area contributed by atoms with Crippen LogP contribution in [0.15, 0.2) is 0 Å². The van der Waals surface area contributed by atoms with Crippen LogP contribution in [0.25, 0.3) is 0 Å². The second-order valence-corrected chi connectivity index (χ2v) is 16.2. The molecule has 0 spiro atoms. The van der Waals surface area contributed by atoms with E-state index < -0.39 is 17.7 Å². The number of nitrogens with one attached hydrogen (secondary N) is 6. The molecule has 0 aromatic heterocycles. The molecular formula is C40H65N7O12. The molecule has 19 nitrogen and oxygen atoms in total. The van der Waals surface area contributed by atoms with Crippen molar-refractivity contribution in [1.29, 1.82) is 0 Å². The van der Waals surface area contributed by atoms with Crippen molar-refractivity contribution in [2.45, 2.75) is 92.4 Å². The molecule has 19 heteroatoms. The highest BCUT2D eigenvalue weighted by atomic mass is 16.3. The number of likely N-dealkylation sites (tertiary alicyclic amines) is 1. The van der Waals surface area contributed by atoms with Crippen molar-refractivity contribution in [2.24, 2.45) is 47.3 Å². The average molecular weight is 836 g/mol. The van der Waals surface area contributed by atoms with E-state index >= 15 is 0 Å². The lowest BCUT2D eigenvalue weighted by atomic mass is 9.86. The van der Waals surface area contributed by atoms with Gasteiger partial charge in [0.05, 0.1) is 31.8 Å². The number of aliphatic hydroxyl groups excluding tert-OH is 2. The molecular weight excluding hydrogens is 770 g/mol. The molecule has 2 saturated carbocycles. The van der Waals surface area contributed by atoms with Crippen LogP contribution in [0.2, 0.25) is 0 Å². The minimum Gasteiger partial charge on any atom is -0.396 e. The molecule has 8 atom stereocenters. The number of amides is 6. The molecule has 8 N–H and O–H groups in total. The Morgan fingerprint density at radius 3 is 1.64 bits per heavy atom. The Balaban J connectivity index is 0.000000587. The fourth-order valence-corrected chi connectivity index (χ4v) is 7.49. The van der Waals surface area contributed by atoms with Gasteiger partial charge in [0.15, 0.2) is 0 Å². The number of rotatable bonds is 24. The maximum absolute atomic E-state index is 12.2. The topological polar surface area (TPSA) is 287 Å². The van der Waals surface area contributed by atoms with Crippen LogP contribution in [0, 0.1) is 47.3 Å². The first kappa shape index (κ1) is 50.7. The fraction of sp³-hybridized carbons (Fsp3) is 0.750. The van der Waals surface area contributed by atoms with Crippen LogP contribution in [0.4, 0.5) is 0 Å². The molecule has 6 amide bonds. The van der Waals surface area contributed by atoms with Crippen molar-refractivity contribution >= 4 is 58.6 Å². The smallest absolute Gasteiger partial charge is 0.241 e. The Hall–Kier alpha value is -4.46. The standard InChI is InChI=1S/C30H50N4O8.C10H15N3O4/c1-18(13-31-16-33-27(39)11-23-25(37)8-19(2)29(23)41)7-22(15-36)10-21(5-4-6-35)14-32-17-34-28(40)12-24-26(38)9-20(3)30(24)42;1-6-3-9(16)13(10(6)17)4-8(15)12-5-11-7(2)14/h18-24,31-32,35-36H,4-17H2,1-3H3,(H,33,39)(H,34,40);6H,3-5H2,1-2H3,(H,11,14)(H,12,15). The van der Waals surface area contributed by atoms with Gasteiger partial charge in [-0.1, -0.05) is 27.7 Å². The second-order valence-electron chi connectivity index (χ2n) is 16.2. The fourth-order valence-electron chi connectivity index (χ4n) is 7.49. The molecule has 2 aliphatic carbocycles. The maximum Gasteiger partial charge on any atom is 0.241 e. The van der Waals surface area contributed by atoms with E-state index in [1.54, 1.807) is 20.8 Å². The molecule has 1 aliphatic heterocycles. The number of imide groups is 1. The van der Waals surface area contributed by atoms with Gasteiger partial charge in [-0.2, -0.15) is 0 Å². The summed E-state index contributed by atoms with van der Waals surface area (Å²) in [7, 11) is 0. The molecule has 1 heterocycles. The molecule has 3 fully saturated rings. The Morgan fingerprint density at radius 1 is 0.678 bits per heavy atom. The molecule has 8 unspecified atom stereocenters. The summed E-state index contributed by atoms with van der Waals surface area (Å²) in [6.07, 6.45) is 3.16. The van der Waals surface area contributed by atoms with Gasteiger partial charge in [-0.05, 0) is 56.5 Å². The van der Waals surface area contributed by atoms with E-state index in [1.807, 2.05) is 6.92 Å². The molecule has 0 radical (unpaired) electrons. The number of nitrogens with zero attached hydrogens (tertiary/aromatic N) is 1. The number of carbonyl (C=O) groups is 10. The number of hydrogen-bond donors (Lipinski definition) is 8. The Kier molecular flexibility index (Phi) is 22.2. The minimum atomic E-state index is -0.840. The van der Waals surface area contributed by atoms with E-state index in [-0.39, 0.29) is 160 Å². The zero-order valence-electron chi connectivity index (χ0n) is 35.1. The predicted octanol–water partition coefficient (Wildman–Crippen LogP) is -1.31. The zero-order valence-corrected chi connectivity index (χ0v) is 35.1. The third-order valence-corrected chi connectivity index (χ3v) is 10.8. The van der Waals surface area contributed by atoms with Crippen LogP contribution in [-0.2, 0) is 47.9 Å². The van der Waals surface area contributed by atoms with E-state index in [1.165, 1.54) is 6.92 Å². The average Bonchev–Trinajstić information content (AvgIpc) is 3.67. The van der Waals surface area contributed by atoms with Gasteiger partial charge in [0.25, 0.3) is 0 Å². The molecule has 0 aromatic rings. The molecule has 0 aromatic carbocycles. The third-order valence-electron chi connectivity index (χ3n) is 10.8. The number of carbonyl (C=O) groups excluding carboxylic acids is 10.